The molecule has 1 fully saturated rings. The first-order valence-corrected chi connectivity index (χ1v) is 11.8. The third kappa shape index (κ3) is 4.86. The zero-order valence-corrected chi connectivity index (χ0v) is 20.7. The largest absolute Gasteiger partial charge is 0.326 e. The number of alkyl halides is 1. The quantitative estimate of drug-likeness (QED) is 0.383. The number of carbonyl (C=O) groups excluding carboxylic acids is 3. The van der Waals surface area contributed by atoms with Gasteiger partial charge in [0.15, 0.2) is 5.78 Å². The van der Waals surface area contributed by atoms with Crippen LogP contribution >= 0.6 is 15.9 Å². The molecule has 2 aromatic heterocycles. The first kappa shape index (κ1) is 24.0. The van der Waals surface area contributed by atoms with Crippen LogP contribution in [0.5, 0.6) is 0 Å². The molecule has 8 nitrogen and oxygen atoms in total. The van der Waals surface area contributed by atoms with E-state index in [2.05, 4.69) is 45.2 Å². The number of hydrogen-bond acceptors (Lipinski definition) is 5. The minimum absolute atomic E-state index is 0.0954. The van der Waals surface area contributed by atoms with Gasteiger partial charge in [0, 0.05) is 18.7 Å². The van der Waals surface area contributed by atoms with Gasteiger partial charge in [-0.15, -0.1) is 0 Å². The van der Waals surface area contributed by atoms with E-state index in [9.17, 15) is 18.8 Å². The summed E-state index contributed by atoms with van der Waals surface area (Å²) in [5.41, 5.74) is 1.97. The summed E-state index contributed by atoms with van der Waals surface area (Å²) >= 11 is 3.24. The van der Waals surface area contributed by atoms with Crippen LogP contribution in [0.3, 0.4) is 0 Å². The Labute approximate surface area is 204 Å². The molecule has 0 unspecified atom stereocenters. The van der Waals surface area contributed by atoms with Crippen LogP contribution in [0.25, 0.3) is 10.9 Å². The van der Waals surface area contributed by atoms with Crippen LogP contribution in [-0.2, 0) is 16.1 Å². The van der Waals surface area contributed by atoms with Crippen LogP contribution in [0.1, 0.15) is 49.2 Å². The molecule has 3 heterocycles. The van der Waals surface area contributed by atoms with Crippen molar-refractivity contribution in [3.63, 3.8) is 0 Å². The molecule has 0 saturated carbocycles. The second kappa shape index (κ2) is 9.61. The monoisotopic (exact) mass is 529 g/mol. The number of benzene rings is 1. The fraction of sp³-hybridized carbons (Fsp3) is 0.375. The van der Waals surface area contributed by atoms with Gasteiger partial charge in [0.1, 0.15) is 34.9 Å². The minimum Gasteiger partial charge on any atom is -0.326 e. The van der Waals surface area contributed by atoms with Crippen molar-refractivity contribution in [3.05, 3.63) is 52.3 Å². The van der Waals surface area contributed by atoms with Gasteiger partial charge in [-0.3, -0.25) is 19.1 Å². The van der Waals surface area contributed by atoms with E-state index in [0.29, 0.717) is 21.3 Å². The zero-order valence-electron chi connectivity index (χ0n) is 19.1. The molecule has 0 spiro atoms. The summed E-state index contributed by atoms with van der Waals surface area (Å²) in [5, 5.41) is 7.70. The second-order valence-corrected chi connectivity index (χ2v) is 9.54. The number of anilines is 1. The van der Waals surface area contributed by atoms with E-state index in [1.807, 2.05) is 18.2 Å². The van der Waals surface area contributed by atoms with E-state index in [1.165, 1.54) is 16.5 Å². The molecule has 3 aromatic rings. The number of pyridine rings is 1. The number of fused-ring (bicyclic) bond motifs is 1. The van der Waals surface area contributed by atoms with Gasteiger partial charge in [0.2, 0.25) is 11.8 Å². The first-order chi connectivity index (χ1) is 16.1. The highest BCUT2D eigenvalue weighted by Gasteiger charge is 2.40. The summed E-state index contributed by atoms with van der Waals surface area (Å²) < 4.78 is 16.3. The Morgan fingerprint density at radius 1 is 1.24 bits per heavy atom. The first-order valence-electron chi connectivity index (χ1n) is 11.0. The van der Waals surface area contributed by atoms with Gasteiger partial charge in [0.05, 0.1) is 12.1 Å². The standard InChI is InChI=1S/C24H25BrFN5O3/c1-13(2)15-7-8-18-17(9-15)23(14(3)32)29-31(18)12-22(33)30-11-16(26)10-19(30)24(34)28-21-6-4-5-20(25)27-21/h4-9,13,16,19H,10-12H2,1-3H3,(H,27,28,34)/t16-,19+/m1/s1. The van der Waals surface area contributed by atoms with E-state index < -0.39 is 24.0 Å². The van der Waals surface area contributed by atoms with E-state index in [1.54, 1.807) is 18.2 Å². The molecule has 2 atom stereocenters. The molecule has 0 aliphatic carbocycles. The number of nitrogens with zero attached hydrogens (tertiary/aromatic N) is 4. The molecular formula is C24H25BrFN5O3. The lowest BCUT2D eigenvalue weighted by Gasteiger charge is -2.23. The number of hydrogen-bond donors (Lipinski definition) is 1. The highest BCUT2D eigenvalue weighted by Crippen LogP contribution is 2.26. The van der Waals surface area contributed by atoms with Crippen LogP contribution in [0.2, 0.25) is 0 Å². The molecule has 0 radical (unpaired) electrons. The van der Waals surface area contributed by atoms with Crippen molar-refractivity contribution in [2.45, 2.75) is 51.9 Å². The van der Waals surface area contributed by atoms with Gasteiger partial charge in [-0.1, -0.05) is 26.0 Å². The topological polar surface area (TPSA) is 97.2 Å². The van der Waals surface area contributed by atoms with Gasteiger partial charge < -0.3 is 10.2 Å². The lowest BCUT2D eigenvalue weighted by atomic mass is 10.0. The lowest BCUT2D eigenvalue weighted by molar-refractivity contribution is -0.137. The second-order valence-electron chi connectivity index (χ2n) is 8.72. The Morgan fingerprint density at radius 2 is 2.00 bits per heavy atom. The maximum Gasteiger partial charge on any atom is 0.248 e. The highest BCUT2D eigenvalue weighted by molar-refractivity contribution is 9.10. The van der Waals surface area contributed by atoms with E-state index in [0.717, 1.165) is 5.56 Å². The van der Waals surface area contributed by atoms with Crippen LogP contribution in [0, 0.1) is 0 Å². The summed E-state index contributed by atoms with van der Waals surface area (Å²) in [4.78, 5) is 43.6. The maximum absolute atomic E-state index is 14.3. The number of ketones is 1. The molecule has 10 heteroatoms. The van der Waals surface area contributed by atoms with Crippen LogP contribution in [-0.4, -0.2) is 56.0 Å². The van der Waals surface area contributed by atoms with E-state index in [-0.39, 0.29) is 36.9 Å². The fourth-order valence-electron chi connectivity index (χ4n) is 4.15. The number of amides is 2. The average molecular weight is 530 g/mol. The summed E-state index contributed by atoms with van der Waals surface area (Å²) in [7, 11) is 0. The highest BCUT2D eigenvalue weighted by atomic mass is 79.9. The third-order valence-corrected chi connectivity index (χ3v) is 6.34. The summed E-state index contributed by atoms with van der Waals surface area (Å²) in [6, 6.07) is 9.76. The molecule has 34 heavy (non-hydrogen) atoms. The number of likely N-dealkylation sites (tertiary alicyclic amines) is 1. The molecule has 1 aromatic carbocycles. The lowest BCUT2D eigenvalue weighted by Crippen LogP contribution is -2.44. The molecule has 1 N–H and O–H groups in total. The van der Waals surface area contributed by atoms with Gasteiger partial charge in [-0.25, -0.2) is 9.37 Å². The Morgan fingerprint density at radius 3 is 2.68 bits per heavy atom. The summed E-state index contributed by atoms with van der Waals surface area (Å²) in [6.07, 6.45) is -1.41. The van der Waals surface area contributed by atoms with Gasteiger partial charge in [-0.05, 0) is 51.7 Å². The number of rotatable bonds is 6. The van der Waals surface area contributed by atoms with Crippen LogP contribution in [0.4, 0.5) is 10.2 Å². The van der Waals surface area contributed by atoms with Crippen molar-refractivity contribution in [1.82, 2.24) is 19.7 Å². The Bertz CT molecular complexity index is 1270. The summed E-state index contributed by atoms with van der Waals surface area (Å²) in [5.74, 6) is -0.593. The van der Waals surface area contributed by atoms with Crippen LogP contribution < -0.4 is 5.32 Å². The molecule has 1 aliphatic rings. The number of nitrogens with one attached hydrogen (secondary N) is 1. The number of Topliss-reactive ketones (excluding diaryl/α,β-unsaturated/α-hetero) is 1. The van der Waals surface area contributed by atoms with E-state index >= 15 is 0 Å². The molecule has 1 saturated heterocycles. The predicted octanol–water partition coefficient (Wildman–Crippen LogP) is 4.10. The predicted molar refractivity (Wildman–Crippen MR) is 129 cm³/mol. The van der Waals surface area contributed by atoms with Gasteiger partial charge >= 0.3 is 0 Å². The van der Waals surface area contributed by atoms with Crippen molar-refractivity contribution in [3.8, 4) is 0 Å². The Kier molecular flexibility index (Phi) is 6.79. The van der Waals surface area contributed by atoms with Crippen molar-refractivity contribution < 1.29 is 18.8 Å². The Balaban J connectivity index is 1.58. The number of aromatic nitrogens is 3. The van der Waals surface area contributed by atoms with Gasteiger partial charge in [-0.2, -0.15) is 5.10 Å². The molecule has 4 rings (SSSR count). The Hall–Kier alpha value is -3.14. The number of halogens is 2. The molecule has 0 bridgehead atoms. The molecular weight excluding hydrogens is 505 g/mol. The maximum atomic E-state index is 14.3. The van der Waals surface area contributed by atoms with Gasteiger partial charge in [0.25, 0.3) is 0 Å². The zero-order chi connectivity index (χ0) is 24.6. The van der Waals surface area contributed by atoms with Crippen molar-refractivity contribution in [2.24, 2.45) is 0 Å². The average Bonchev–Trinajstić information content (AvgIpc) is 3.34. The number of carbonyl (C=O) groups is 3. The molecule has 178 valence electrons. The van der Waals surface area contributed by atoms with Crippen molar-refractivity contribution >= 4 is 50.2 Å². The SMILES string of the molecule is CC(=O)c1nn(CC(=O)N2C[C@H](F)C[C@H]2C(=O)Nc2cccc(Br)n2)c2ccc(C(C)C)cc12. The van der Waals surface area contributed by atoms with Crippen molar-refractivity contribution in [1.29, 1.82) is 0 Å². The summed E-state index contributed by atoms with van der Waals surface area (Å²) in [6.45, 7) is 5.15. The third-order valence-electron chi connectivity index (χ3n) is 5.90. The van der Waals surface area contributed by atoms with Crippen molar-refractivity contribution in [2.75, 3.05) is 11.9 Å². The normalized spacial score (nSPS) is 18.0. The van der Waals surface area contributed by atoms with Crippen LogP contribution in [0.15, 0.2) is 41.0 Å². The molecule has 2 amide bonds. The smallest absolute Gasteiger partial charge is 0.248 e. The fourth-order valence-corrected chi connectivity index (χ4v) is 4.50. The van der Waals surface area contributed by atoms with E-state index in [4.69, 9.17) is 0 Å². The molecule has 1 aliphatic heterocycles. The minimum atomic E-state index is -1.31.